The van der Waals surface area contributed by atoms with Crippen molar-refractivity contribution in [2.45, 2.75) is 26.3 Å². The number of carboxylic acid groups (broad SMARTS) is 1. The number of rotatable bonds is 2. The molecule has 0 saturated carbocycles. The summed E-state index contributed by atoms with van der Waals surface area (Å²) in [6.07, 6.45) is 0.678. The lowest BCUT2D eigenvalue weighted by molar-refractivity contribution is 0.108. The molecule has 0 atom stereocenters. The first-order chi connectivity index (χ1) is 4.89. The molecule has 0 aliphatic rings. The summed E-state index contributed by atoms with van der Waals surface area (Å²) in [4.78, 5) is 11.9. The number of carbonyl (C=O) groups is 1. The molecule has 11 heavy (non-hydrogen) atoms. The fourth-order valence-corrected chi connectivity index (χ4v) is 0.768. The van der Waals surface area contributed by atoms with Gasteiger partial charge in [-0.15, -0.1) is 6.58 Å². The summed E-state index contributed by atoms with van der Waals surface area (Å²) >= 11 is 0. The Morgan fingerprint density at radius 3 is 2.18 bits per heavy atom. The maximum atomic E-state index is 10.6. The van der Waals surface area contributed by atoms with E-state index in [-0.39, 0.29) is 5.54 Å². The zero-order valence-electron chi connectivity index (χ0n) is 7.29. The van der Waals surface area contributed by atoms with Crippen LogP contribution in [0.5, 0.6) is 0 Å². The molecule has 0 rings (SSSR count). The van der Waals surface area contributed by atoms with E-state index < -0.39 is 6.09 Å². The molecule has 0 aromatic carbocycles. The van der Waals surface area contributed by atoms with Crippen molar-refractivity contribution >= 4 is 6.09 Å². The quantitative estimate of drug-likeness (QED) is 0.622. The van der Waals surface area contributed by atoms with E-state index in [4.69, 9.17) is 5.11 Å². The maximum Gasteiger partial charge on any atom is 0.408 e. The zero-order valence-corrected chi connectivity index (χ0v) is 7.29. The van der Waals surface area contributed by atoms with Crippen LogP contribution in [-0.2, 0) is 0 Å². The first-order valence-corrected chi connectivity index (χ1v) is 3.51. The van der Waals surface area contributed by atoms with Gasteiger partial charge in [-0.2, -0.15) is 0 Å². The van der Waals surface area contributed by atoms with Crippen LogP contribution in [0.4, 0.5) is 4.79 Å². The van der Waals surface area contributed by atoms with Gasteiger partial charge in [0, 0.05) is 12.1 Å². The second kappa shape index (κ2) is 3.42. The van der Waals surface area contributed by atoms with E-state index >= 15 is 0 Å². The van der Waals surface area contributed by atoms with Gasteiger partial charge in [0.15, 0.2) is 0 Å². The van der Waals surface area contributed by atoms with E-state index in [1.807, 2.05) is 20.8 Å². The molecule has 0 heterocycles. The predicted molar refractivity (Wildman–Crippen MR) is 44.7 cm³/mol. The highest BCUT2D eigenvalue weighted by Gasteiger charge is 2.24. The first kappa shape index (κ1) is 10.0. The maximum absolute atomic E-state index is 10.6. The van der Waals surface area contributed by atoms with Gasteiger partial charge in [-0.25, -0.2) is 4.79 Å². The fourth-order valence-electron chi connectivity index (χ4n) is 0.768. The first-order valence-electron chi connectivity index (χ1n) is 3.51. The molecule has 3 nitrogen and oxygen atoms in total. The Hall–Kier alpha value is -0.990. The largest absolute Gasteiger partial charge is 0.465 e. The van der Waals surface area contributed by atoms with E-state index in [0.717, 1.165) is 0 Å². The van der Waals surface area contributed by atoms with Crippen molar-refractivity contribution < 1.29 is 9.90 Å². The summed E-state index contributed by atoms with van der Waals surface area (Å²) < 4.78 is 0. The lowest BCUT2D eigenvalue weighted by Gasteiger charge is -2.31. The standard InChI is InChI=1S/C8H15NO2/c1-5-6-9(7(10)11)8(2,3)4/h5H,1,6H2,2-4H3,(H,10,11). The topological polar surface area (TPSA) is 40.5 Å². The molecule has 0 fully saturated rings. The van der Waals surface area contributed by atoms with Gasteiger partial charge < -0.3 is 5.11 Å². The van der Waals surface area contributed by atoms with Gasteiger partial charge in [-0.3, -0.25) is 4.90 Å². The van der Waals surface area contributed by atoms with Gasteiger partial charge in [0.2, 0.25) is 0 Å². The average Bonchev–Trinajstić information content (AvgIpc) is 1.79. The molecule has 3 heteroatoms. The van der Waals surface area contributed by atoms with E-state index in [1.165, 1.54) is 4.90 Å². The van der Waals surface area contributed by atoms with Crippen molar-refractivity contribution in [2.75, 3.05) is 6.54 Å². The van der Waals surface area contributed by atoms with E-state index in [9.17, 15) is 4.79 Å². The van der Waals surface area contributed by atoms with Crippen LogP contribution in [-0.4, -0.2) is 28.2 Å². The summed E-state index contributed by atoms with van der Waals surface area (Å²) in [6, 6.07) is 0. The average molecular weight is 157 g/mol. The SMILES string of the molecule is C=CCN(C(=O)O)C(C)(C)C. The Balaban J connectivity index is 4.34. The number of hydrogen-bond acceptors (Lipinski definition) is 1. The molecule has 0 aromatic heterocycles. The molecule has 0 bridgehead atoms. The highest BCUT2D eigenvalue weighted by Crippen LogP contribution is 2.12. The van der Waals surface area contributed by atoms with Crippen molar-refractivity contribution in [2.24, 2.45) is 0 Å². The smallest absolute Gasteiger partial charge is 0.408 e. The van der Waals surface area contributed by atoms with Crippen molar-refractivity contribution in [3.8, 4) is 0 Å². The molecular formula is C8H15NO2. The van der Waals surface area contributed by atoms with E-state index in [1.54, 1.807) is 6.08 Å². The third kappa shape index (κ3) is 3.07. The van der Waals surface area contributed by atoms with E-state index in [2.05, 4.69) is 6.58 Å². The molecule has 64 valence electrons. The van der Waals surface area contributed by atoms with Crippen LogP contribution in [0, 0.1) is 0 Å². The summed E-state index contributed by atoms with van der Waals surface area (Å²) in [5.41, 5.74) is -0.347. The minimum Gasteiger partial charge on any atom is -0.465 e. The lowest BCUT2D eigenvalue weighted by Crippen LogP contribution is -2.44. The van der Waals surface area contributed by atoms with Crippen LogP contribution in [0.15, 0.2) is 12.7 Å². The Bertz CT molecular complexity index is 158. The zero-order chi connectivity index (χ0) is 9.07. The number of hydrogen-bond donors (Lipinski definition) is 1. The third-order valence-corrected chi connectivity index (χ3v) is 1.35. The van der Waals surface area contributed by atoms with Crippen LogP contribution in [0.3, 0.4) is 0 Å². The fraction of sp³-hybridized carbons (Fsp3) is 0.625. The van der Waals surface area contributed by atoms with Crippen molar-refractivity contribution in [3.63, 3.8) is 0 Å². The molecule has 0 aliphatic carbocycles. The second-order valence-corrected chi connectivity index (χ2v) is 3.35. The molecule has 0 aliphatic heterocycles. The van der Waals surface area contributed by atoms with Gasteiger partial charge in [0.05, 0.1) is 0 Å². The third-order valence-electron chi connectivity index (χ3n) is 1.35. The van der Waals surface area contributed by atoms with Crippen LogP contribution in [0.2, 0.25) is 0 Å². The predicted octanol–water partition coefficient (Wildman–Crippen LogP) is 1.95. The van der Waals surface area contributed by atoms with Gasteiger partial charge in [0.1, 0.15) is 0 Å². The Morgan fingerprint density at radius 2 is 2.09 bits per heavy atom. The number of nitrogens with zero attached hydrogens (tertiary/aromatic N) is 1. The molecule has 0 saturated heterocycles. The second-order valence-electron chi connectivity index (χ2n) is 3.35. The Morgan fingerprint density at radius 1 is 1.64 bits per heavy atom. The van der Waals surface area contributed by atoms with Crippen molar-refractivity contribution in [3.05, 3.63) is 12.7 Å². The summed E-state index contributed by atoms with van der Waals surface area (Å²) in [5.74, 6) is 0. The monoisotopic (exact) mass is 157 g/mol. The summed E-state index contributed by atoms with van der Waals surface area (Å²) in [5, 5.41) is 8.72. The Kier molecular flexibility index (Phi) is 3.11. The molecule has 1 N–H and O–H groups in total. The molecule has 0 radical (unpaired) electrons. The highest BCUT2D eigenvalue weighted by molar-refractivity contribution is 5.66. The van der Waals surface area contributed by atoms with E-state index in [0.29, 0.717) is 6.54 Å². The molecular weight excluding hydrogens is 142 g/mol. The molecule has 0 unspecified atom stereocenters. The van der Waals surface area contributed by atoms with Crippen molar-refractivity contribution in [1.29, 1.82) is 0 Å². The molecule has 0 spiro atoms. The number of amides is 1. The van der Waals surface area contributed by atoms with Gasteiger partial charge >= 0.3 is 6.09 Å². The van der Waals surface area contributed by atoms with Crippen LogP contribution < -0.4 is 0 Å². The van der Waals surface area contributed by atoms with Crippen molar-refractivity contribution in [1.82, 2.24) is 4.90 Å². The van der Waals surface area contributed by atoms with Gasteiger partial charge in [-0.1, -0.05) is 6.08 Å². The summed E-state index contributed by atoms with van der Waals surface area (Å²) in [6.45, 7) is 9.42. The molecule has 1 amide bonds. The normalized spacial score (nSPS) is 10.8. The summed E-state index contributed by atoms with van der Waals surface area (Å²) in [7, 11) is 0. The minimum atomic E-state index is -0.905. The highest BCUT2D eigenvalue weighted by atomic mass is 16.4. The van der Waals surface area contributed by atoms with Gasteiger partial charge in [0.25, 0.3) is 0 Å². The molecule has 0 aromatic rings. The van der Waals surface area contributed by atoms with Crippen LogP contribution >= 0.6 is 0 Å². The van der Waals surface area contributed by atoms with Crippen LogP contribution in [0.1, 0.15) is 20.8 Å². The van der Waals surface area contributed by atoms with Crippen LogP contribution in [0.25, 0.3) is 0 Å². The Labute approximate surface area is 67.3 Å². The van der Waals surface area contributed by atoms with Gasteiger partial charge in [-0.05, 0) is 20.8 Å². The minimum absolute atomic E-state index is 0.347. The lowest BCUT2D eigenvalue weighted by atomic mass is 10.1.